The second-order valence-electron chi connectivity index (χ2n) is 5.72. The summed E-state index contributed by atoms with van der Waals surface area (Å²) in [4.78, 5) is 8.42. The fourth-order valence-electron chi connectivity index (χ4n) is 2.68. The Morgan fingerprint density at radius 2 is 2.21 bits per heavy atom. The van der Waals surface area contributed by atoms with Crippen molar-refractivity contribution < 1.29 is 4.74 Å². The normalized spacial score (nSPS) is 24.9. The number of ether oxygens (including phenoxy) is 1. The van der Waals surface area contributed by atoms with E-state index in [-0.39, 0.29) is 5.41 Å². The van der Waals surface area contributed by atoms with E-state index in [1.807, 2.05) is 0 Å². The molecule has 1 saturated carbocycles. The molecule has 1 aliphatic carbocycles. The zero-order valence-corrected chi connectivity index (χ0v) is 12.8. The van der Waals surface area contributed by atoms with Crippen molar-refractivity contribution in [3.63, 3.8) is 0 Å². The summed E-state index contributed by atoms with van der Waals surface area (Å²) in [7, 11) is 1.77. The molecule has 1 fully saturated rings. The van der Waals surface area contributed by atoms with Crippen molar-refractivity contribution in [1.29, 1.82) is 0 Å². The quantitative estimate of drug-likeness (QED) is 0.842. The Balaban J connectivity index is 2.14. The van der Waals surface area contributed by atoms with Crippen molar-refractivity contribution in [3.05, 3.63) is 17.0 Å². The first kappa shape index (κ1) is 14.5. The fourth-order valence-corrected chi connectivity index (χ4v) is 2.91. The lowest BCUT2D eigenvalue weighted by Crippen LogP contribution is -2.57. The second kappa shape index (κ2) is 5.63. The van der Waals surface area contributed by atoms with Gasteiger partial charge in [-0.05, 0) is 12.8 Å². The van der Waals surface area contributed by atoms with Crippen LogP contribution in [0.15, 0.2) is 6.33 Å². The van der Waals surface area contributed by atoms with Crippen LogP contribution in [0.4, 0.5) is 5.82 Å². The Hall–Kier alpha value is -0.870. The summed E-state index contributed by atoms with van der Waals surface area (Å²) in [6.45, 7) is 6.55. The van der Waals surface area contributed by atoms with Crippen LogP contribution in [-0.2, 0) is 11.2 Å². The average molecular weight is 284 g/mol. The van der Waals surface area contributed by atoms with Crippen LogP contribution in [0.5, 0.6) is 0 Å². The van der Waals surface area contributed by atoms with Gasteiger partial charge in [0.15, 0.2) is 0 Å². The van der Waals surface area contributed by atoms with Crippen molar-refractivity contribution in [2.24, 2.45) is 5.41 Å². The van der Waals surface area contributed by atoms with E-state index in [0.29, 0.717) is 17.3 Å². The number of nitrogens with zero attached hydrogens (tertiary/aromatic N) is 2. The molecule has 106 valence electrons. The minimum atomic E-state index is 0.107. The maximum Gasteiger partial charge on any atom is 0.137 e. The first-order chi connectivity index (χ1) is 9.00. The molecule has 0 radical (unpaired) electrons. The monoisotopic (exact) mass is 283 g/mol. The molecule has 0 saturated heterocycles. The molecule has 0 aliphatic heterocycles. The van der Waals surface area contributed by atoms with Gasteiger partial charge in [0.05, 0.1) is 6.10 Å². The molecule has 0 bridgehead atoms. The van der Waals surface area contributed by atoms with Crippen molar-refractivity contribution in [3.8, 4) is 0 Å². The van der Waals surface area contributed by atoms with Gasteiger partial charge in [0, 0.05) is 24.1 Å². The number of anilines is 1. The van der Waals surface area contributed by atoms with Gasteiger partial charge in [-0.15, -0.1) is 0 Å². The van der Waals surface area contributed by atoms with E-state index in [1.54, 1.807) is 7.11 Å². The van der Waals surface area contributed by atoms with Crippen LogP contribution >= 0.6 is 11.6 Å². The Bertz CT molecular complexity index is 450. The number of rotatable bonds is 5. The van der Waals surface area contributed by atoms with Crippen LogP contribution in [0, 0.1) is 5.41 Å². The molecule has 0 spiro atoms. The highest BCUT2D eigenvalue weighted by Crippen LogP contribution is 2.44. The van der Waals surface area contributed by atoms with Gasteiger partial charge in [0.2, 0.25) is 0 Å². The summed E-state index contributed by atoms with van der Waals surface area (Å²) in [6.07, 6.45) is 4.73. The van der Waals surface area contributed by atoms with E-state index in [4.69, 9.17) is 16.3 Å². The number of hydrogen-bond donors (Lipinski definition) is 1. The highest BCUT2D eigenvalue weighted by atomic mass is 35.5. The van der Waals surface area contributed by atoms with Crippen LogP contribution in [0.25, 0.3) is 0 Å². The molecule has 1 aromatic heterocycles. The summed E-state index contributed by atoms with van der Waals surface area (Å²) in [5.74, 6) is 0.870. The Morgan fingerprint density at radius 3 is 2.79 bits per heavy atom. The minimum absolute atomic E-state index is 0.107. The predicted molar refractivity (Wildman–Crippen MR) is 77.6 cm³/mol. The molecule has 2 unspecified atom stereocenters. The van der Waals surface area contributed by atoms with E-state index in [1.165, 1.54) is 6.33 Å². The maximum atomic E-state index is 6.16. The molecule has 19 heavy (non-hydrogen) atoms. The minimum Gasteiger partial charge on any atom is -0.381 e. The van der Waals surface area contributed by atoms with E-state index in [2.05, 4.69) is 36.1 Å². The molecule has 0 aromatic carbocycles. The highest BCUT2D eigenvalue weighted by Gasteiger charge is 2.48. The van der Waals surface area contributed by atoms with Gasteiger partial charge in [-0.25, -0.2) is 9.97 Å². The van der Waals surface area contributed by atoms with Crippen molar-refractivity contribution >= 4 is 17.4 Å². The van der Waals surface area contributed by atoms with E-state index in [0.717, 1.165) is 30.6 Å². The van der Waals surface area contributed by atoms with Crippen LogP contribution in [-0.4, -0.2) is 29.2 Å². The van der Waals surface area contributed by atoms with Crippen LogP contribution in [0.3, 0.4) is 0 Å². The van der Waals surface area contributed by atoms with Gasteiger partial charge in [-0.1, -0.05) is 38.8 Å². The molecule has 0 amide bonds. The van der Waals surface area contributed by atoms with Crippen molar-refractivity contribution in [2.45, 2.75) is 52.2 Å². The van der Waals surface area contributed by atoms with Crippen LogP contribution in [0.2, 0.25) is 5.15 Å². The zero-order valence-electron chi connectivity index (χ0n) is 12.0. The highest BCUT2D eigenvalue weighted by molar-refractivity contribution is 6.30. The predicted octanol–water partition coefficient (Wildman–Crippen LogP) is 3.31. The van der Waals surface area contributed by atoms with E-state index in [9.17, 15) is 0 Å². The molecule has 5 heteroatoms. The van der Waals surface area contributed by atoms with Gasteiger partial charge in [-0.2, -0.15) is 0 Å². The lowest BCUT2D eigenvalue weighted by atomic mass is 9.64. The van der Waals surface area contributed by atoms with Crippen molar-refractivity contribution in [2.75, 3.05) is 12.4 Å². The van der Waals surface area contributed by atoms with Crippen LogP contribution < -0.4 is 5.32 Å². The zero-order chi connectivity index (χ0) is 14.0. The summed E-state index contributed by atoms with van der Waals surface area (Å²) < 4.78 is 5.47. The first-order valence-corrected chi connectivity index (χ1v) is 7.17. The summed E-state index contributed by atoms with van der Waals surface area (Å²) in [5.41, 5.74) is 1.12. The lowest BCUT2D eigenvalue weighted by Gasteiger charge is -2.51. The molecule has 4 nitrogen and oxygen atoms in total. The fraction of sp³-hybridized carbons (Fsp3) is 0.714. The van der Waals surface area contributed by atoms with Crippen molar-refractivity contribution in [1.82, 2.24) is 9.97 Å². The molecule has 1 aliphatic rings. The second-order valence-corrected chi connectivity index (χ2v) is 6.08. The van der Waals surface area contributed by atoms with E-state index >= 15 is 0 Å². The SMILES string of the molecule is CCCc1c(Cl)ncnc1NC1CC(OC)C1(C)C. The van der Waals surface area contributed by atoms with Gasteiger partial charge in [0.1, 0.15) is 17.3 Å². The van der Waals surface area contributed by atoms with Gasteiger partial charge >= 0.3 is 0 Å². The number of nitrogens with one attached hydrogen (secondary N) is 1. The third-order valence-corrected chi connectivity index (χ3v) is 4.49. The number of methoxy groups -OCH3 is 1. The number of hydrogen-bond acceptors (Lipinski definition) is 4. The topological polar surface area (TPSA) is 47.0 Å². The van der Waals surface area contributed by atoms with Crippen LogP contribution in [0.1, 0.15) is 39.2 Å². The standard InChI is InChI=1S/C14H22ClN3O/c1-5-6-9-12(15)16-8-17-13(9)18-10-7-11(19-4)14(10,2)3/h8,10-11H,5-7H2,1-4H3,(H,16,17,18). The summed E-state index contributed by atoms with van der Waals surface area (Å²) >= 11 is 6.16. The Morgan fingerprint density at radius 1 is 1.47 bits per heavy atom. The van der Waals surface area contributed by atoms with Gasteiger partial charge in [0.25, 0.3) is 0 Å². The number of halogens is 1. The third-order valence-electron chi connectivity index (χ3n) is 4.17. The Labute approximate surface area is 119 Å². The smallest absolute Gasteiger partial charge is 0.137 e. The Kier molecular flexibility index (Phi) is 4.31. The largest absolute Gasteiger partial charge is 0.381 e. The summed E-state index contributed by atoms with van der Waals surface area (Å²) in [5, 5.41) is 4.07. The average Bonchev–Trinajstić information content (AvgIpc) is 2.37. The molecule has 1 N–H and O–H groups in total. The molecular weight excluding hydrogens is 262 g/mol. The molecule has 2 atom stereocenters. The van der Waals surface area contributed by atoms with Gasteiger partial charge in [-0.3, -0.25) is 0 Å². The lowest BCUT2D eigenvalue weighted by molar-refractivity contribution is -0.0795. The molecular formula is C14H22ClN3O. The van der Waals surface area contributed by atoms with E-state index < -0.39 is 0 Å². The molecule has 1 aromatic rings. The first-order valence-electron chi connectivity index (χ1n) is 6.79. The molecule has 2 rings (SSSR count). The maximum absolute atomic E-state index is 6.16. The number of aromatic nitrogens is 2. The summed E-state index contributed by atoms with van der Waals surface area (Å²) in [6, 6.07) is 0.360. The van der Waals surface area contributed by atoms with Gasteiger partial charge < -0.3 is 10.1 Å². The third kappa shape index (κ3) is 2.70. The molecule has 1 heterocycles.